The second-order valence-corrected chi connectivity index (χ2v) is 5.31. The fraction of sp³-hybridized carbons (Fsp3) is 0.467. The molecule has 0 spiro atoms. The molecule has 2 aliphatic heterocycles. The zero-order chi connectivity index (χ0) is 13.4. The molecule has 4 heteroatoms. The summed E-state index contributed by atoms with van der Waals surface area (Å²) in [6.45, 7) is 5.63. The van der Waals surface area contributed by atoms with Crippen molar-refractivity contribution < 1.29 is 9.59 Å². The Balaban J connectivity index is 1.82. The molecule has 0 aromatic heterocycles. The van der Waals surface area contributed by atoms with Crippen LogP contribution in [0.4, 0.5) is 5.69 Å². The maximum absolute atomic E-state index is 12.1. The second kappa shape index (κ2) is 4.78. The van der Waals surface area contributed by atoms with E-state index in [0.29, 0.717) is 12.1 Å². The summed E-state index contributed by atoms with van der Waals surface area (Å²) in [5.41, 5.74) is 2.38. The molecule has 1 aromatic rings. The van der Waals surface area contributed by atoms with Gasteiger partial charge in [-0.2, -0.15) is 0 Å². The van der Waals surface area contributed by atoms with Gasteiger partial charge in [0.05, 0.1) is 11.3 Å². The predicted octanol–water partition coefficient (Wildman–Crippen LogP) is 1.62. The minimum atomic E-state index is -0.372. The summed E-state index contributed by atoms with van der Waals surface area (Å²) in [6, 6.07) is 5.54. The first kappa shape index (κ1) is 12.4. The van der Waals surface area contributed by atoms with E-state index in [1.165, 1.54) is 12.8 Å². The van der Waals surface area contributed by atoms with Crippen molar-refractivity contribution in [1.82, 2.24) is 4.90 Å². The highest BCUT2D eigenvalue weighted by Gasteiger charge is 2.36. The second-order valence-electron chi connectivity index (χ2n) is 5.31. The van der Waals surface area contributed by atoms with Crippen LogP contribution < -0.4 is 4.90 Å². The number of carbonyl (C=O) groups excluding carboxylic acids is 2. The normalized spacial score (nSPS) is 19.3. The molecule has 100 valence electrons. The maximum Gasteiger partial charge on any atom is 0.299 e. The van der Waals surface area contributed by atoms with Crippen LogP contribution in [0.1, 0.15) is 28.8 Å². The number of Topliss-reactive ketones (excluding diaryl/α,β-unsaturated/α-hetero) is 1. The number of hydrogen-bond acceptors (Lipinski definition) is 3. The number of benzene rings is 1. The molecule has 0 unspecified atom stereocenters. The van der Waals surface area contributed by atoms with Crippen molar-refractivity contribution in [1.29, 1.82) is 0 Å². The molecule has 0 N–H and O–H groups in total. The topological polar surface area (TPSA) is 40.6 Å². The van der Waals surface area contributed by atoms with Crippen LogP contribution in [0, 0.1) is 6.92 Å². The third-order valence-corrected chi connectivity index (χ3v) is 4.03. The Labute approximate surface area is 113 Å². The van der Waals surface area contributed by atoms with Crippen molar-refractivity contribution in [2.75, 3.05) is 31.1 Å². The zero-order valence-electron chi connectivity index (χ0n) is 11.2. The Hall–Kier alpha value is -1.68. The smallest absolute Gasteiger partial charge is 0.299 e. The lowest BCUT2D eigenvalue weighted by atomic mass is 10.1. The molecule has 1 amide bonds. The summed E-state index contributed by atoms with van der Waals surface area (Å²) < 4.78 is 0. The van der Waals surface area contributed by atoms with E-state index in [2.05, 4.69) is 4.90 Å². The van der Waals surface area contributed by atoms with Gasteiger partial charge < -0.3 is 9.80 Å². The highest BCUT2D eigenvalue weighted by molar-refractivity contribution is 6.52. The van der Waals surface area contributed by atoms with Gasteiger partial charge in [0, 0.05) is 13.1 Å². The van der Waals surface area contributed by atoms with Crippen LogP contribution in [0.15, 0.2) is 18.2 Å². The molecule has 4 nitrogen and oxygen atoms in total. The van der Waals surface area contributed by atoms with E-state index < -0.39 is 0 Å². The first-order valence-electron chi connectivity index (χ1n) is 6.86. The summed E-state index contributed by atoms with van der Waals surface area (Å²) in [4.78, 5) is 28.0. The van der Waals surface area contributed by atoms with Crippen LogP contribution in [-0.4, -0.2) is 42.8 Å². The third kappa shape index (κ3) is 2.06. The number of hydrogen-bond donors (Lipinski definition) is 0. The number of fused-ring (bicyclic) bond motifs is 1. The number of carbonyl (C=O) groups is 2. The van der Waals surface area contributed by atoms with E-state index >= 15 is 0 Å². The minimum Gasteiger partial charge on any atom is -0.303 e. The van der Waals surface area contributed by atoms with Gasteiger partial charge in [-0.05, 0) is 44.5 Å². The lowest BCUT2D eigenvalue weighted by molar-refractivity contribution is -0.114. The van der Waals surface area contributed by atoms with Gasteiger partial charge in [0.15, 0.2) is 0 Å². The fourth-order valence-electron chi connectivity index (χ4n) is 3.00. The van der Waals surface area contributed by atoms with Crippen molar-refractivity contribution in [2.45, 2.75) is 19.8 Å². The number of para-hydroxylation sites is 1. The van der Waals surface area contributed by atoms with Gasteiger partial charge in [0.25, 0.3) is 11.7 Å². The lowest BCUT2D eigenvalue weighted by Crippen LogP contribution is -2.37. The number of nitrogens with zero attached hydrogens (tertiary/aromatic N) is 2. The van der Waals surface area contributed by atoms with E-state index in [9.17, 15) is 9.59 Å². The maximum atomic E-state index is 12.1. The summed E-state index contributed by atoms with van der Waals surface area (Å²) in [6.07, 6.45) is 2.48. The SMILES string of the molecule is Cc1cccc2c1N(CCN1CCCC1)C(=O)C2=O. The molecule has 2 heterocycles. The minimum absolute atomic E-state index is 0.361. The summed E-state index contributed by atoms with van der Waals surface area (Å²) >= 11 is 0. The van der Waals surface area contributed by atoms with Crippen molar-refractivity contribution >= 4 is 17.4 Å². The van der Waals surface area contributed by atoms with Gasteiger partial charge in [-0.25, -0.2) is 0 Å². The predicted molar refractivity (Wildman–Crippen MR) is 73.5 cm³/mol. The standard InChI is InChI=1S/C15H18N2O2/c1-11-5-4-6-12-13(11)17(15(19)14(12)18)10-9-16-7-2-3-8-16/h4-6H,2-3,7-10H2,1H3. The fourth-order valence-corrected chi connectivity index (χ4v) is 3.00. The van der Waals surface area contributed by atoms with Crippen molar-refractivity contribution in [3.05, 3.63) is 29.3 Å². The Morgan fingerprint density at radius 1 is 1.11 bits per heavy atom. The average Bonchev–Trinajstić information content (AvgIpc) is 2.99. The highest BCUT2D eigenvalue weighted by Crippen LogP contribution is 2.31. The van der Waals surface area contributed by atoms with E-state index in [4.69, 9.17) is 0 Å². The quantitative estimate of drug-likeness (QED) is 0.774. The molecule has 1 aromatic carbocycles. The van der Waals surface area contributed by atoms with Crippen LogP contribution in [0.5, 0.6) is 0 Å². The molecular formula is C15H18N2O2. The van der Waals surface area contributed by atoms with Crippen LogP contribution in [0.2, 0.25) is 0 Å². The van der Waals surface area contributed by atoms with E-state index in [0.717, 1.165) is 30.9 Å². The van der Waals surface area contributed by atoms with Gasteiger partial charge in [-0.15, -0.1) is 0 Å². The number of ketones is 1. The number of amides is 1. The molecule has 0 atom stereocenters. The van der Waals surface area contributed by atoms with Crippen LogP contribution in [-0.2, 0) is 4.79 Å². The van der Waals surface area contributed by atoms with E-state index in [-0.39, 0.29) is 11.7 Å². The van der Waals surface area contributed by atoms with E-state index in [1.807, 2.05) is 19.1 Å². The van der Waals surface area contributed by atoms with Gasteiger partial charge in [-0.3, -0.25) is 9.59 Å². The molecule has 1 saturated heterocycles. The first-order valence-corrected chi connectivity index (χ1v) is 6.86. The van der Waals surface area contributed by atoms with Crippen molar-refractivity contribution in [3.8, 4) is 0 Å². The molecule has 0 saturated carbocycles. The highest BCUT2D eigenvalue weighted by atomic mass is 16.2. The van der Waals surface area contributed by atoms with Crippen LogP contribution in [0.3, 0.4) is 0 Å². The summed E-state index contributed by atoms with van der Waals surface area (Å²) in [5.74, 6) is -0.733. The summed E-state index contributed by atoms with van der Waals surface area (Å²) in [5, 5.41) is 0. The Morgan fingerprint density at radius 3 is 2.58 bits per heavy atom. The van der Waals surface area contributed by atoms with Gasteiger partial charge in [0.2, 0.25) is 0 Å². The van der Waals surface area contributed by atoms with Crippen LogP contribution in [0.25, 0.3) is 0 Å². The molecule has 0 radical (unpaired) electrons. The molecular weight excluding hydrogens is 240 g/mol. The molecule has 0 bridgehead atoms. The molecule has 19 heavy (non-hydrogen) atoms. The first-order chi connectivity index (χ1) is 9.18. The largest absolute Gasteiger partial charge is 0.303 e. The Morgan fingerprint density at radius 2 is 1.84 bits per heavy atom. The van der Waals surface area contributed by atoms with Gasteiger partial charge in [-0.1, -0.05) is 12.1 Å². The summed E-state index contributed by atoms with van der Waals surface area (Å²) in [7, 11) is 0. The van der Waals surface area contributed by atoms with Crippen molar-refractivity contribution in [2.24, 2.45) is 0 Å². The van der Waals surface area contributed by atoms with Crippen molar-refractivity contribution in [3.63, 3.8) is 0 Å². The number of aryl methyl sites for hydroxylation is 1. The molecule has 2 aliphatic rings. The lowest BCUT2D eigenvalue weighted by Gasteiger charge is -2.22. The van der Waals surface area contributed by atoms with E-state index in [1.54, 1.807) is 11.0 Å². The Kier molecular flexibility index (Phi) is 3.11. The number of rotatable bonds is 3. The molecule has 0 aliphatic carbocycles. The van der Waals surface area contributed by atoms with Gasteiger partial charge >= 0.3 is 0 Å². The number of anilines is 1. The van der Waals surface area contributed by atoms with Crippen LogP contribution >= 0.6 is 0 Å². The monoisotopic (exact) mass is 258 g/mol. The average molecular weight is 258 g/mol. The third-order valence-electron chi connectivity index (χ3n) is 4.03. The van der Waals surface area contributed by atoms with Gasteiger partial charge in [0.1, 0.15) is 0 Å². The number of likely N-dealkylation sites (tertiary alicyclic amines) is 1. The Bertz CT molecular complexity index is 533. The zero-order valence-corrected chi connectivity index (χ0v) is 11.2. The molecule has 1 fully saturated rings. The molecule has 3 rings (SSSR count).